The van der Waals surface area contributed by atoms with Crippen LogP contribution in [0.15, 0.2) is 16.7 Å². The zero-order chi connectivity index (χ0) is 15.8. The molecule has 2 atom stereocenters. The number of amides is 2. The van der Waals surface area contributed by atoms with Crippen molar-refractivity contribution in [1.82, 2.24) is 20.8 Å². The highest BCUT2D eigenvalue weighted by Gasteiger charge is 2.15. The maximum Gasteiger partial charge on any atom is 0.315 e. The fraction of sp³-hybridized carbons (Fsp3) is 0.667. The molecule has 1 heterocycles. The predicted octanol–water partition coefficient (Wildman–Crippen LogP) is 2.32. The largest absolute Gasteiger partial charge is 0.371 e. The summed E-state index contributed by atoms with van der Waals surface area (Å²) in [5, 5.41) is 9.43. The SMILES string of the molecule is CCOC(C)c1noc(CNC(=O)NCC2CC=CCC2)n1. The molecule has 1 aliphatic carbocycles. The minimum atomic E-state index is -0.216. The van der Waals surface area contributed by atoms with Crippen LogP contribution in [0.2, 0.25) is 0 Å². The Balaban J connectivity index is 1.68. The van der Waals surface area contributed by atoms with E-state index in [0.717, 1.165) is 19.3 Å². The van der Waals surface area contributed by atoms with Crippen LogP contribution in [0.5, 0.6) is 0 Å². The van der Waals surface area contributed by atoms with Crippen LogP contribution < -0.4 is 10.6 Å². The Hall–Kier alpha value is -1.89. The van der Waals surface area contributed by atoms with E-state index in [-0.39, 0.29) is 18.7 Å². The second-order valence-electron chi connectivity index (χ2n) is 5.36. The van der Waals surface area contributed by atoms with Gasteiger partial charge in [0, 0.05) is 13.2 Å². The fourth-order valence-electron chi connectivity index (χ4n) is 2.33. The molecule has 0 saturated heterocycles. The summed E-state index contributed by atoms with van der Waals surface area (Å²) in [5.41, 5.74) is 0. The van der Waals surface area contributed by atoms with E-state index in [2.05, 4.69) is 32.9 Å². The molecule has 2 rings (SSSR count). The zero-order valence-electron chi connectivity index (χ0n) is 13.2. The summed E-state index contributed by atoms with van der Waals surface area (Å²) in [5.74, 6) is 1.39. The monoisotopic (exact) mass is 308 g/mol. The Morgan fingerprint density at radius 3 is 3.09 bits per heavy atom. The van der Waals surface area contributed by atoms with Crippen molar-refractivity contribution < 1.29 is 14.1 Å². The number of nitrogens with zero attached hydrogens (tertiary/aromatic N) is 2. The molecule has 22 heavy (non-hydrogen) atoms. The first kappa shape index (κ1) is 16.5. The Morgan fingerprint density at radius 2 is 2.36 bits per heavy atom. The quantitative estimate of drug-likeness (QED) is 0.755. The lowest BCUT2D eigenvalue weighted by Gasteiger charge is -2.18. The third-order valence-corrected chi connectivity index (χ3v) is 3.59. The summed E-state index contributed by atoms with van der Waals surface area (Å²) >= 11 is 0. The van der Waals surface area contributed by atoms with Gasteiger partial charge in [-0.1, -0.05) is 17.3 Å². The molecule has 1 aromatic rings. The topological polar surface area (TPSA) is 89.3 Å². The van der Waals surface area contributed by atoms with Gasteiger partial charge in [-0.2, -0.15) is 4.98 Å². The van der Waals surface area contributed by atoms with Crippen LogP contribution in [-0.2, 0) is 11.3 Å². The number of aromatic nitrogens is 2. The molecule has 0 aromatic carbocycles. The number of allylic oxidation sites excluding steroid dienone is 2. The van der Waals surface area contributed by atoms with Crippen molar-refractivity contribution in [1.29, 1.82) is 0 Å². The zero-order valence-corrected chi connectivity index (χ0v) is 13.2. The fourth-order valence-corrected chi connectivity index (χ4v) is 2.33. The summed E-state index contributed by atoms with van der Waals surface area (Å²) in [7, 11) is 0. The van der Waals surface area contributed by atoms with Crippen LogP contribution >= 0.6 is 0 Å². The minimum absolute atomic E-state index is 0.211. The van der Waals surface area contributed by atoms with Crippen LogP contribution in [0.4, 0.5) is 4.79 Å². The van der Waals surface area contributed by atoms with Crippen molar-refractivity contribution in [2.24, 2.45) is 5.92 Å². The van der Waals surface area contributed by atoms with E-state index in [1.165, 1.54) is 0 Å². The number of hydrogen-bond donors (Lipinski definition) is 2. The second-order valence-corrected chi connectivity index (χ2v) is 5.36. The average Bonchev–Trinajstić information content (AvgIpc) is 3.01. The van der Waals surface area contributed by atoms with E-state index in [1.807, 2.05) is 13.8 Å². The summed E-state index contributed by atoms with van der Waals surface area (Å²) in [6.07, 6.45) is 7.40. The maximum absolute atomic E-state index is 11.7. The molecule has 0 bridgehead atoms. The smallest absolute Gasteiger partial charge is 0.315 e. The van der Waals surface area contributed by atoms with Gasteiger partial charge in [-0.05, 0) is 39.0 Å². The molecule has 0 saturated carbocycles. The highest BCUT2D eigenvalue weighted by atomic mass is 16.5. The van der Waals surface area contributed by atoms with Crippen molar-refractivity contribution in [2.45, 2.75) is 45.8 Å². The van der Waals surface area contributed by atoms with Crippen LogP contribution in [0.1, 0.15) is 50.9 Å². The molecule has 122 valence electrons. The molecule has 7 nitrogen and oxygen atoms in total. The van der Waals surface area contributed by atoms with Crippen LogP contribution in [0, 0.1) is 5.92 Å². The third-order valence-electron chi connectivity index (χ3n) is 3.59. The Kier molecular flexibility index (Phi) is 6.39. The van der Waals surface area contributed by atoms with E-state index in [0.29, 0.717) is 30.8 Å². The van der Waals surface area contributed by atoms with Crippen LogP contribution in [-0.4, -0.2) is 29.3 Å². The highest BCUT2D eigenvalue weighted by Crippen LogP contribution is 2.16. The lowest BCUT2D eigenvalue weighted by molar-refractivity contribution is 0.0683. The molecule has 2 amide bonds. The molecule has 0 aliphatic heterocycles. The first-order valence-electron chi connectivity index (χ1n) is 7.79. The normalized spacial score (nSPS) is 18.9. The molecule has 2 unspecified atom stereocenters. The lowest BCUT2D eigenvalue weighted by Crippen LogP contribution is -2.38. The van der Waals surface area contributed by atoms with Gasteiger partial charge in [0.05, 0.1) is 6.54 Å². The van der Waals surface area contributed by atoms with Gasteiger partial charge in [0.2, 0.25) is 5.89 Å². The highest BCUT2D eigenvalue weighted by molar-refractivity contribution is 5.73. The van der Waals surface area contributed by atoms with Crippen LogP contribution in [0.3, 0.4) is 0 Å². The van der Waals surface area contributed by atoms with Crippen molar-refractivity contribution in [3.8, 4) is 0 Å². The van der Waals surface area contributed by atoms with E-state index in [9.17, 15) is 4.79 Å². The predicted molar refractivity (Wildman–Crippen MR) is 81.1 cm³/mol. The molecular formula is C15H24N4O3. The number of hydrogen-bond acceptors (Lipinski definition) is 5. The number of nitrogens with one attached hydrogen (secondary N) is 2. The Morgan fingerprint density at radius 1 is 1.50 bits per heavy atom. The Bertz CT molecular complexity index is 501. The van der Waals surface area contributed by atoms with Gasteiger partial charge in [-0.3, -0.25) is 0 Å². The number of carbonyl (C=O) groups is 1. The van der Waals surface area contributed by atoms with Gasteiger partial charge in [0.25, 0.3) is 0 Å². The molecule has 7 heteroatoms. The van der Waals surface area contributed by atoms with Crippen LogP contribution in [0.25, 0.3) is 0 Å². The van der Waals surface area contributed by atoms with Gasteiger partial charge in [0.1, 0.15) is 6.10 Å². The number of carbonyl (C=O) groups excluding carboxylic acids is 1. The van der Waals surface area contributed by atoms with Gasteiger partial charge >= 0.3 is 6.03 Å². The van der Waals surface area contributed by atoms with E-state index in [1.54, 1.807) is 0 Å². The maximum atomic E-state index is 11.7. The number of ether oxygens (including phenoxy) is 1. The molecule has 1 aromatic heterocycles. The van der Waals surface area contributed by atoms with Crippen molar-refractivity contribution in [3.05, 3.63) is 23.9 Å². The minimum Gasteiger partial charge on any atom is -0.371 e. The molecule has 0 radical (unpaired) electrons. The van der Waals surface area contributed by atoms with Crippen molar-refractivity contribution in [2.75, 3.05) is 13.2 Å². The Labute approximate surface area is 130 Å². The first-order chi connectivity index (χ1) is 10.7. The molecule has 0 fully saturated rings. The summed E-state index contributed by atoms with van der Waals surface area (Å²) in [6.45, 7) is 5.25. The average molecular weight is 308 g/mol. The molecular weight excluding hydrogens is 284 g/mol. The first-order valence-corrected chi connectivity index (χ1v) is 7.79. The second kappa shape index (κ2) is 8.53. The van der Waals surface area contributed by atoms with Gasteiger partial charge in [0.15, 0.2) is 5.82 Å². The number of urea groups is 1. The standard InChI is InChI=1S/C15H24N4O3/c1-3-21-11(2)14-18-13(22-19-14)10-17-15(20)16-9-12-7-5-4-6-8-12/h4-5,11-12H,3,6-10H2,1-2H3,(H2,16,17,20). The summed E-state index contributed by atoms with van der Waals surface area (Å²) < 4.78 is 10.5. The molecule has 1 aliphatic rings. The number of rotatable bonds is 7. The third kappa shape index (κ3) is 5.14. The van der Waals surface area contributed by atoms with Gasteiger partial charge < -0.3 is 19.9 Å². The molecule has 0 spiro atoms. The van der Waals surface area contributed by atoms with E-state index in [4.69, 9.17) is 9.26 Å². The van der Waals surface area contributed by atoms with E-state index >= 15 is 0 Å². The van der Waals surface area contributed by atoms with Gasteiger partial charge in [-0.15, -0.1) is 0 Å². The van der Waals surface area contributed by atoms with Crippen molar-refractivity contribution >= 4 is 6.03 Å². The summed E-state index contributed by atoms with van der Waals surface area (Å²) in [4.78, 5) is 15.9. The lowest BCUT2D eigenvalue weighted by atomic mass is 9.94. The van der Waals surface area contributed by atoms with E-state index < -0.39 is 0 Å². The van der Waals surface area contributed by atoms with Crippen molar-refractivity contribution in [3.63, 3.8) is 0 Å². The van der Waals surface area contributed by atoms with Gasteiger partial charge in [-0.25, -0.2) is 4.79 Å². The molecule has 2 N–H and O–H groups in total. The summed E-state index contributed by atoms with van der Waals surface area (Å²) in [6, 6.07) is -0.216.